The number of nitrogens with one attached hydrogen (secondary N) is 1. The maximum Gasteiger partial charge on any atom is 0.259 e. The van der Waals surface area contributed by atoms with Crippen molar-refractivity contribution < 1.29 is 9.53 Å². The van der Waals surface area contributed by atoms with E-state index < -0.39 is 0 Å². The molecule has 1 saturated carbocycles. The van der Waals surface area contributed by atoms with Gasteiger partial charge in [0, 0.05) is 43.7 Å². The van der Waals surface area contributed by atoms with Gasteiger partial charge < -0.3 is 14.6 Å². The predicted molar refractivity (Wildman–Crippen MR) is 129 cm³/mol. The van der Waals surface area contributed by atoms with Crippen molar-refractivity contribution in [3.8, 4) is 0 Å². The van der Waals surface area contributed by atoms with Gasteiger partial charge in [0.15, 0.2) is 0 Å². The van der Waals surface area contributed by atoms with Gasteiger partial charge in [-0.25, -0.2) is 0 Å². The number of amides is 1. The number of aromatic nitrogens is 3. The molecule has 33 heavy (non-hydrogen) atoms. The second-order valence-corrected chi connectivity index (χ2v) is 9.66. The van der Waals surface area contributed by atoms with E-state index in [1.807, 2.05) is 42.5 Å². The van der Waals surface area contributed by atoms with Crippen LogP contribution in [0.3, 0.4) is 0 Å². The van der Waals surface area contributed by atoms with E-state index >= 15 is 0 Å². The van der Waals surface area contributed by atoms with Gasteiger partial charge in [-0.05, 0) is 57.7 Å². The van der Waals surface area contributed by atoms with E-state index in [0.29, 0.717) is 30.1 Å². The van der Waals surface area contributed by atoms with Gasteiger partial charge in [0.25, 0.3) is 11.5 Å². The molecule has 1 aliphatic heterocycles. The molecule has 0 bridgehead atoms. The fourth-order valence-electron chi connectivity index (χ4n) is 4.89. The molecule has 1 N–H and O–H groups in total. The van der Waals surface area contributed by atoms with Crippen LogP contribution in [0.5, 0.6) is 0 Å². The molecule has 8 nitrogen and oxygen atoms in total. The fraction of sp³-hybridized carbons (Fsp3) is 0.560. The highest BCUT2D eigenvalue weighted by Crippen LogP contribution is 2.35. The summed E-state index contributed by atoms with van der Waals surface area (Å²) < 4.78 is 7.66. The van der Waals surface area contributed by atoms with E-state index in [1.165, 1.54) is 6.42 Å². The number of aromatic amines is 1. The van der Waals surface area contributed by atoms with Crippen LogP contribution in [0.2, 0.25) is 0 Å². The molecule has 176 valence electrons. The van der Waals surface area contributed by atoms with Crippen LogP contribution in [0.15, 0.2) is 23.1 Å². The number of nitrogens with zero attached hydrogens (tertiary/aromatic N) is 4. The highest BCUT2D eigenvalue weighted by Gasteiger charge is 2.26. The van der Waals surface area contributed by atoms with Crippen molar-refractivity contribution in [2.45, 2.75) is 52.2 Å². The molecule has 2 fully saturated rings. The number of aryl methyl sites for hydroxylation is 1. The van der Waals surface area contributed by atoms with Gasteiger partial charge in [-0.1, -0.05) is 0 Å². The lowest BCUT2D eigenvalue weighted by Gasteiger charge is -2.35. The van der Waals surface area contributed by atoms with Crippen molar-refractivity contribution in [3.63, 3.8) is 0 Å². The Morgan fingerprint density at radius 3 is 2.61 bits per heavy atom. The average molecular weight is 452 g/mol. The Labute approximate surface area is 193 Å². The number of carbonyl (C=O) groups is 1. The third-order valence-electron chi connectivity index (χ3n) is 7.08. The molecule has 2 aliphatic rings. The number of ether oxygens (including phenoxy) is 1. The smallest absolute Gasteiger partial charge is 0.259 e. The van der Waals surface area contributed by atoms with Crippen molar-refractivity contribution in [2.24, 2.45) is 0 Å². The first-order valence-corrected chi connectivity index (χ1v) is 12.1. The summed E-state index contributed by atoms with van der Waals surface area (Å²) in [6, 6.07) is 4.23. The lowest BCUT2D eigenvalue weighted by molar-refractivity contribution is 0.0406. The minimum Gasteiger partial charge on any atom is -0.377 e. The van der Waals surface area contributed by atoms with Gasteiger partial charge >= 0.3 is 0 Å². The summed E-state index contributed by atoms with van der Waals surface area (Å²) in [5, 5.41) is 6.03. The van der Waals surface area contributed by atoms with E-state index in [0.717, 1.165) is 61.1 Å². The second-order valence-electron chi connectivity index (χ2n) is 9.66. The Morgan fingerprint density at radius 2 is 1.94 bits per heavy atom. The molecule has 3 aromatic rings. The van der Waals surface area contributed by atoms with Gasteiger partial charge in [0.2, 0.25) is 0 Å². The van der Waals surface area contributed by atoms with E-state index in [1.54, 1.807) is 6.20 Å². The summed E-state index contributed by atoms with van der Waals surface area (Å²) in [4.78, 5) is 33.4. The van der Waals surface area contributed by atoms with Gasteiger partial charge in [-0.15, -0.1) is 0 Å². The zero-order chi connectivity index (χ0) is 23.1. The monoisotopic (exact) mass is 451 g/mol. The maximum absolute atomic E-state index is 13.5. The number of carbonyl (C=O) groups excluding carboxylic acids is 1. The van der Waals surface area contributed by atoms with Gasteiger partial charge in [0.05, 0.1) is 41.4 Å². The first kappa shape index (κ1) is 22.1. The molecule has 0 unspecified atom stereocenters. The molecular formula is C25H33N5O3. The van der Waals surface area contributed by atoms with Crippen molar-refractivity contribution in [1.29, 1.82) is 0 Å². The Hall–Kier alpha value is -2.71. The summed E-state index contributed by atoms with van der Waals surface area (Å²) in [6.45, 7) is 10.8. The fourth-order valence-corrected chi connectivity index (χ4v) is 4.89. The molecule has 1 amide bonds. The van der Waals surface area contributed by atoms with Crippen LogP contribution in [0.25, 0.3) is 21.8 Å². The lowest BCUT2D eigenvalue weighted by Crippen LogP contribution is -2.49. The molecule has 2 aromatic heterocycles. The van der Waals surface area contributed by atoms with E-state index in [9.17, 15) is 9.59 Å². The average Bonchev–Trinajstić information content (AvgIpc) is 3.17. The van der Waals surface area contributed by atoms with E-state index in [4.69, 9.17) is 4.74 Å². The number of piperazine rings is 1. The Morgan fingerprint density at radius 1 is 1.18 bits per heavy atom. The number of benzene rings is 1. The van der Waals surface area contributed by atoms with Gasteiger partial charge in [-0.2, -0.15) is 5.10 Å². The van der Waals surface area contributed by atoms with Crippen molar-refractivity contribution in [2.75, 3.05) is 39.3 Å². The summed E-state index contributed by atoms with van der Waals surface area (Å²) in [7, 11) is 0. The van der Waals surface area contributed by atoms with Crippen LogP contribution in [0, 0.1) is 6.92 Å². The summed E-state index contributed by atoms with van der Waals surface area (Å²) in [5.41, 5.74) is 3.07. The summed E-state index contributed by atoms with van der Waals surface area (Å²) >= 11 is 0. The summed E-state index contributed by atoms with van der Waals surface area (Å²) in [5.74, 6) is 0.0570. The number of pyridine rings is 1. The van der Waals surface area contributed by atoms with Crippen molar-refractivity contribution in [3.05, 3.63) is 39.8 Å². The largest absolute Gasteiger partial charge is 0.377 e. The quantitative estimate of drug-likeness (QED) is 0.623. The Bertz CT molecular complexity index is 1230. The van der Waals surface area contributed by atoms with Crippen LogP contribution in [0.1, 0.15) is 55.1 Å². The molecule has 0 atom stereocenters. The van der Waals surface area contributed by atoms with Crippen LogP contribution in [-0.2, 0) is 4.74 Å². The van der Waals surface area contributed by atoms with Crippen molar-refractivity contribution >= 4 is 27.7 Å². The molecular weight excluding hydrogens is 418 g/mol. The number of H-pyrrole nitrogens is 1. The van der Waals surface area contributed by atoms with Crippen LogP contribution in [-0.4, -0.2) is 75.9 Å². The zero-order valence-electron chi connectivity index (χ0n) is 19.8. The lowest BCUT2D eigenvalue weighted by atomic mass is 9.93. The minimum absolute atomic E-state index is 0.0570. The van der Waals surface area contributed by atoms with Gasteiger partial charge in [0.1, 0.15) is 0 Å². The Balaban J connectivity index is 1.41. The normalized spacial score (nSPS) is 17.9. The molecule has 8 heteroatoms. The first-order valence-electron chi connectivity index (χ1n) is 12.1. The molecule has 1 aromatic carbocycles. The second kappa shape index (κ2) is 8.91. The van der Waals surface area contributed by atoms with Crippen molar-refractivity contribution in [1.82, 2.24) is 24.6 Å². The minimum atomic E-state index is -0.126. The van der Waals surface area contributed by atoms with E-state index in [-0.39, 0.29) is 17.6 Å². The topological polar surface area (TPSA) is 83.5 Å². The van der Waals surface area contributed by atoms with Gasteiger partial charge in [-0.3, -0.25) is 19.2 Å². The number of hydrogen-bond acceptors (Lipinski definition) is 5. The molecule has 5 rings (SSSR count). The number of rotatable bonds is 6. The highest BCUT2D eigenvalue weighted by atomic mass is 16.5. The maximum atomic E-state index is 13.5. The number of fused-ring (bicyclic) bond motifs is 3. The molecule has 1 saturated heterocycles. The zero-order valence-corrected chi connectivity index (χ0v) is 19.8. The highest BCUT2D eigenvalue weighted by molar-refractivity contribution is 6.07. The standard InChI is InChI=1S/C25H33N5O3/c1-16(2)33-12-11-28-7-9-29(10-8-28)25(32)19-14-20-22(13-17(19)3)27-24(31)21-15-26-30(23(20)21)18-5-4-6-18/h13-16,18H,4-12H2,1-3H3,(H,27,31). The third-order valence-corrected chi connectivity index (χ3v) is 7.08. The number of hydrogen-bond donors (Lipinski definition) is 1. The molecule has 0 spiro atoms. The third kappa shape index (κ3) is 4.17. The summed E-state index contributed by atoms with van der Waals surface area (Å²) in [6.07, 6.45) is 5.25. The first-order chi connectivity index (χ1) is 15.9. The molecule has 0 radical (unpaired) electrons. The van der Waals surface area contributed by atoms with Crippen LogP contribution >= 0.6 is 0 Å². The molecule has 1 aliphatic carbocycles. The van der Waals surface area contributed by atoms with E-state index in [2.05, 4.69) is 15.0 Å². The van der Waals surface area contributed by atoms with Crippen LogP contribution < -0.4 is 5.56 Å². The Kier molecular flexibility index (Phi) is 5.97. The SMILES string of the molecule is Cc1cc2[nH]c(=O)c3cnn(C4CCC4)c3c2cc1C(=O)N1CCN(CCOC(C)C)CC1. The van der Waals surface area contributed by atoms with Crippen LogP contribution in [0.4, 0.5) is 0 Å². The predicted octanol–water partition coefficient (Wildman–Crippen LogP) is 3.09. The molecule has 3 heterocycles.